The van der Waals surface area contributed by atoms with Gasteiger partial charge in [-0.3, -0.25) is 14.4 Å². The smallest absolute Gasteiger partial charge is 0.305 e. The minimum Gasteiger partial charge on any atom is -0.466 e. The summed E-state index contributed by atoms with van der Waals surface area (Å²) in [5.41, 5.74) is -0.700. The van der Waals surface area contributed by atoms with Crippen LogP contribution in [0.2, 0.25) is 0 Å². The highest BCUT2D eigenvalue weighted by molar-refractivity contribution is 5.91. The predicted molar refractivity (Wildman–Crippen MR) is 272 cm³/mol. The second kappa shape index (κ2) is 51.5. The first-order valence-electron chi connectivity index (χ1n) is 25.2. The Morgan fingerprint density at radius 3 is 1.21 bits per heavy atom. The molecule has 0 aromatic rings. The standard InChI is InChI=1S/C28H54O5.C16H34O7.C10H14O/c1-4-21-31-23-15-9-7-12-18-26(19-13-8-10-16-24-32-22-5-2)27(29)20-14-11-17-25-33-28(30)6-3;1-17-7-15(8-18-2,9-19-3)13-23-14-16(10-20-4,11-21-5)12-22-6;1-4-7-9(8-5-2)10(11)6-3/h26H,4-25H2,1-3H3;7-14H2,1-6H3;4-6,9H,1-3,7-8H2. The van der Waals surface area contributed by atoms with Gasteiger partial charge in [-0.05, 0) is 76.7 Å². The first kappa shape index (κ1) is 68.9. The van der Waals surface area contributed by atoms with E-state index in [9.17, 15) is 14.4 Å². The lowest BCUT2D eigenvalue weighted by Gasteiger charge is -2.35. The number of ether oxygens (including phenoxy) is 10. The second-order valence-electron chi connectivity index (χ2n) is 17.6. The number of Topliss-reactive ketones (excluding diaryl/α,β-unsaturated/α-hetero) is 1. The molecule has 0 fully saturated rings. The maximum Gasteiger partial charge on any atom is 0.305 e. The monoisotopic (exact) mass is 959 g/mol. The molecule has 0 rings (SSSR count). The number of esters is 1. The Morgan fingerprint density at radius 2 is 0.851 bits per heavy atom. The molecule has 0 spiro atoms. The molecule has 67 heavy (non-hydrogen) atoms. The number of methoxy groups -OCH3 is 6. The third-order valence-corrected chi connectivity index (χ3v) is 11.0. The van der Waals surface area contributed by atoms with Crippen LogP contribution in [-0.2, 0) is 61.8 Å². The van der Waals surface area contributed by atoms with Crippen LogP contribution in [0.5, 0.6) is 0 Å². The van der Waals surface area contributed by atoms with E-state index in [0.717, 1.165) is 97.1 Å². The van der Waals surface area contributed by atoms with Crippen LogP contribution in [-0.4, -0.2) is 146 Å². The number of hydrogen-bond donors (Lipinski definition) is 0. The summed E-state index contributed by atoms with van der Waals surface area (Å²) >= 11 is 0. The summed E-state index contributed by atoms with van der Waals surface area (Å²) in [6.45, 7) is 24.4. The first-order chi connectivity index (χ1) is 32.5. The van der Waals surface area contributed by atoms with E-state index in [-0.39, 0.29) is 34.4 Å². The number of unbranched alkanes of at least 4 members (excludes halogenated alkanes) is 8. The zero-order valence-corrected chi connectivity index (χ0v) is 44.4. The molecule has 0 aromatic carbocycles. The van der Waals surface area contributed by atoms with E-state index in [1.165, 1.54) is 31.8 Å². The summed E-state index contributed by atoms with van der Waals surface area (Å²) in [4.78, 5) is 35.1. The molecule has 0 aliphatic heterocycles. The molecule has 0 saturated heterocycles. The van der Waals surface area contributed by atoms with Crippen LogP contribution in [0.1, 0.15) is 143 Å². The molecule has 0 amide bonds. The van der Waals surface area contributed by atoms with Crippen LogP contribution in [0, 0.1) is 22.7 Å². The Morgan fingerprint density at radius 1 is 0.463 bits per heavy atom. The Kier molecular flexibility index (Phi) is 53.0. The third-order valence-electron chi connectivity index (χ3n) is 11.0. The van der Waals surface area contributed by atoms with Crippen molar-refractivity contribution < 1.29 is 61.8 Å². The van der Waals surface area contributed by atoms with Crippen LogP contribution in [0.3, 0.4) is 0 Å². The zero-order chi connectivity index (χ0) is 50.7. The van der Waals surface area contributed by atoms with Gasteiger partial charge in [0, 0.05) is 93.8 Å². The predicted octanol–water partition coefficient (Wildman–Crippen LogP) is 10.8. The van der Waals surface area contributed by atoms with Crippen molar-refractivity contribution in [1.29, 1.82) is 0 Å². The first-order valence-corrected chi connectivity index (χ1v) is 25.2. The highest BCUT2D eigenvalue weighted by atomic mass is 16.5. The molecule has 0 unspecified atom stereocenters. The van der Waals surface area contributed by atoms with Crippen molar-refractivity contribution in [3.05, 3.63) is 38.0 Å². The van der Waals surface area contributed by atoms with Gasteiger partial charge in [0.2, 0.25) is 0 Å². The molecule has 0 aliphatic carbocycles. The van der Waals surface area contributed by atoms with Gasteiger partial charge in [-0.25, -0.2) is 0 Å². The molecule has 0 aromatic heterocycles. The summed E-state index contributed by atoms with van der Waals surface area (Å²) in [6.07, 6.45) is 23.6. The van der Waals surface area contributed by atoms with Gasteiger partial charge in [0.25, 0.3) is 0 Å². The minimum absolute atomic E-state index is 0.00231. The molecule has 0 N–H and O–H groups in total. The van der Waals surface area contributed by atoms with E-state index in [4.69, 9.17) is 47.4 Å². The van der Waals surface area contributed by atoms with Crippen LogP contribution in [0.4, 0.5) is 0 Å². The second-order valence-corrected chi connectivity index (χ2v) is 17.6. The van der Waals surface area contributed by atoms with Crippen LogP contribution < -0.4 is 0 Å². The van der Waals surface area contributed by atoms with E-state index >= 15 is 0 Å². The van der Waals surface area contributed by atoms with E-state index in [0.29, 0.717) is 90.9 Å². The molecule has 0 bridgehead atoms. The van der Waals surface area contributed by atoms with Gasteiger partial charge in [-0.2, -0.15) is 0 Å². The Bertz CT molecular complexity index is 1060. The maximum atomic E-state index is 12.9. The molecule has 0 saturated carbocycles. The summed E-state index contributed by atoms with van der Waals surface area (Å²) in [5.74, 6) is 0.598. The largest absolute Gasteiger partial charge is 0.466 e. The fourth-order valence-corrected chi connectivity index (χ4v) is 7.64. The average Bonchev–Trinajstić information content (AvgIpc) is 3.31. The molecule has 396 valence electrons. The molecule has 0 aliphatic rings. The number of hydrogen-bond acceptors (Lipinski definition) is 13. The minimum atomic E-state index is -0.350. The van der Waals surface area contributed by atoms with Crippen molar-refractivity contribution in [1.82, 2.24) is 0 Å². The number of carbonyl (C=O) groups excluding carboxylic acids is 3. The number of carbonyl (C=O) groups is 3. The zero-order valence-electron chi connectivity index (χ0n) is 44.4. The van der Waals surface area contributed by atoms with Crippen LogP contribution in [0.15, 0.2) is 38.0 Å². The van der Waals surface area contributed by atoms with Gasteiger partial charge in [0.05, 0.1) is 70.3 Å². The SMILES string of the molecule is C=CCC(CC=C)C(=O)C=C.CCCOCCCCCCC(CCCCCCOCCC)C(=O)CCCCCOC(=O)CC.COCC(COC)(COC)COCC(COC)(COC)COC. The summed E-state index contributed by atoms with van der Waals surface area (Å²) in [6, 6.07) is 0. The molecule has 0 radical (unpaired) electrons. The molecule has 13 heteroatoms. The average molecular weight is 959 g/mol. The lowest BCUT2D eigenvalue weighted by molar-refractivity contribution is -0.143. The summed E-state index contributed by atoms with van der Waals surface area (Å²) < 4.78 is 54.2. The van der Waals surface area contributed by atoms with E-state index in [1.54, 1.807) is 54.8 Å². The van der Waals surface area contributed by atoms with Crippen molar-refractivity contribution in [3.63, 3.8) is 0 Å². The third kappa shape index (κ3) is 41.2. The quantitative estimate of drug-likeness (QED) is 0.0247. The summed E-state index contributed by atoms with van der Waals surface area (Å²) in [7, 11) is 9.95. The van der Waals surface area contributed by atoms with Gasteiger partial charge < -0.3 is 47.4 Å². The Labute approximate surface area is 410 Å². The Balaban J connectivity index is -0.00000104. The summed E-state index contributed by atoms with van der Waals surface area (Å²) in [5, 5.41) is 0. The van der Waals surface area contributed by atoms with Crippen molar-refractivity contribution in [2.75, 3.05) is 129 Å². The van der Waals surface area contributed by atoms with Crippen LogP contribution in [0.25, 0.3) is 0 Å². The van der Waals surface area contributed by atoms with Crippen molar-refractivity contribution in [3.8, 4) is 0 Å². The highest BCUT2D eigenvalue weighted by Crippen LogP contribution is 2.25. The van der Waals surface area contributed by atoms with Gasteiger partial charge in [0.15, 0.2) is 5.78 Å². The van der Waals surface area contributed by atoms with Gasteiger partial charge in [0.1, 0.15) is 5.78 Å². The molecule has 0 heterocycles. The van der Waals surface area contributed by atoms with Gasteiger partial charge in [-0.1, -0.05) is 78.0 Å². The van der Waals surface area contributed by atoms with Crippen molar-refractivity contribution in [2.24, 2.45) is 22.7 Å². The Hall–Kier alpha value is -2.33. The number of rotatable bonds is 48. The van der Waals surface area contributed by atoms with Crippen LogP contribution >= 0.6 is 0 Å². The normalized spacial score (nSPS) is 11.4. The van der Waals surface area contributed by atoms with Crippen molar-refractivity contribution in [2.45, 2.75) is 143 Å². The van der Waals surface area contributed by atoms with Crippen molar-refractivity contribution >= 4 is 17.5 Å². The topological polar surface area (TPSA) is 144 Å². The number of allylic oxidation sites excluding steroid dienone is 3. The van der Waals surface area contributed by atoms with E-state index < -0.39 is 0 Å². The molecule has 13 nitrogen and oxygen atoms in total. The maximum absolute atomic E-state index is 12.9. The fourth-order valence-electron chi connectivity index (χ4n) is 7.64. The fraction of sp³-hybridized carbons (Fsp3) is 0.833. The molecule has 0 atom stereocenters. The highest BCUT2D eigenvalue weighted by Gasteiger charge is 2.35. The lowest BCUT2D eigenvalue weighted by atomic mass is 9.88. The van der Waals surface area contributed by atoms with Gasteiger partial charge >= 0.3 is 5.97 Å². The van der Waals surface area contributed by atoms with E-state index in [2.05, 4.69) is 33.6 Å². The lowest BCUT2D eigenvalue weighted by Crippen LogP contribution is -2.45. The number of ketones is 2. The molecular formula is C54H102O13. The molecular weight excluding hydrogens is 857 g/mol. The van der Waals surface area contributed by atoms with Gasteiger partial charge in [-0.15, -0.1) is 13.2 Å². The van der Waals surface area contributed by atoms with E-state index in [1.807, 2.05) is 6.92 Å².